The first kappa shape index (κ1) is 18.3. The number of carbonyl (C=O) groups is 2. The van der Waals surface area contributed by atoms with Gasteiger partial charge < -0.3 is 14.7 Å². The lowest BCUT2D eigenvalue weighted by atomic mass is 9.91. The van der Waals surface area contributed by atoms with Gasteiger partial charge in [0.2, 0.25) is 0 Å². The number of amides is 1. The highest BCUT2D eigenvalue weighted by atomic mass is 19.4. The summed E-state index contributed by atoms with van der Waals surface area (Å²) >= 11 is 0. The van der Waals surface area contributed by atoms with E-state index in [0.717, 1.165) is 24.3 Å². The van der Waals surface area contributed by atoms with Crippen molar-refractivity contribution in [3.8, 4) is 0 Å². The van der Waals surface area contributed by atoms with Crippen LogP contribution >= 0.6 is 0 Å². The van der Waals surface area contributed by atoms with Crippen molar-refractivity contribution < 1.29 is 32.6 Å². The van der Waals surface area contributed by atoms with Crippen molar-refractivity contribution in [3.05, 3.63) is 35.4 Å². The normalized spacial score (nSPS) is 17.5. The number of alkyl halides is 3. The average molecular weight is 345 g/mol. The van der Waals surface area contributed by atoms with Crippen LogP contribution in [0.4, 0.5) is 13.2 Å². The Balaban J connectivity index is 2.01. The molecule has 1 heterocycles. The van der Waals surface area contributed by atoms with Gasteiger partial charge in [-0.2, -0.15) is 13.2 Å². The summed E-state index contributed by atoms with van der Waals surface area (Å²) in [6.07, 6.45) is -4.40. The molecule has 1 fully saturated rings. The van der Waals surface area contributed by atoms with Crippen LogP contribution in [0.3, 0.4) is 0 Å². The molecular weight excluding hydrogens is 327 g/mol. The monoisotopic (exact) mass is 345 g/mol. The predicted octanol–water partition coefficient (Wildman–Crippen LogP) is 2.24. The number of nitrogens with zero attached hydrogens (tertiary/aromatic N) is 1. The third-order valence-corrected chi connectivity index (χ3v) is 3.99. The van der Waals surface area contributed by atoms with E-state index < -0.39 is 29.2 Å². The van der Waals surface area contributed by atoms with E-state index >= 15 is 0 Å². The summed E-state index contributed by atoms with van der Waals surface area (Å²) in [6.45, 7) is 2.02. The van der Waals surface area contributed by atoms with Gasteiger partial charge in [0.25, 0.3) is 5.91 Å². The number of hydrogen-bond acceptors (Lipinski definition) is 4. The topological polar surface area (TPSA) is 66.8 Å². The lowest BCUT2D eigenvalue weighted by Crippen LogP contribution is -2.51. The van der Waals surface area contributed by atoms with Crippen LogP contribution in [0.5, 0.6) is 0 Å². The minimum Gasteiger partial charge on any atom is -0.464 e. The molecule has 0 bridgehead atoms. The van der Waals surface area contributed by atoms with Gasteiger partial charge in [-0.15, -0.1) is 0 Å². The molecule has 0 aliphatic carbocycles. The quantitative estimate of drug-likeness (QED) is 0.853. The summed E-state index contributed by atoms with van der Waals surface area (Å²) in [5.74, 6) is -1.15. The highest BCUT2D eigenvalue weighted by molar-refractivity contribution is 5.94. The van der Waals surface area contributed by atoms with Gasteiger partial charge >= 0.3 is 12.1 Å². The molecule has 1 aliphatic rings. The Morgan fingerprint density at radius 2 is 1.75 bits per heavy atom. The zero-order valence-electron chi connectivity index (χ0n) is 13.1. The second-order valence-corrected chi connectivity index (χ2v) is 5.62. The van der Waals surface area contributed by atoms with Crippen LogP contribution < -0.4 is 0 Å². The first-order valence-corrected chi connectivity index (χ1v) is 7.53. The number of rotatable bonds is 3. The average Bonchev–Trinajstić information content (AvgIpc) is 2.54. The Morgan fingerprint density at radius 1 is 1.21 bits per heavy atom. The maximum Gasteiger partial charge on any atom is 0.416 e. The summed E-state index contributed by atoms with van der Waals surface area (Å²) in [5.41, 5.74) is -2.31. The number of likely N-dealkylation sites (tertiary alicyclic amines) is 1. The first-order valence-electron chi connectivity index (χ1n) is 7.53. The van der Waals surface area contributed by atoms with Crippen molar-refractivity contribution in [2.75, 3.05) is 19.7 Å². The molecule has 0 unspecified atom stereocenters. The van der Waals surface area contributed by atoms with Crippen molar-refractivity contribution >= 4 is 11.9 Å². The van der Waals surface area contributed by atoms with Gasteiger partial charge in [0, 0.05) is 31.5 Å². The smallest absolute Gasteiger partial charge is 0.416 e. The summed E-state index contributed by atoms with van der Waals surface area (Å²) < 4.78 is 42.4. The minimum atomic E-state index is -4.46. The van der Waals surface area contributed by atoms with Crippen molar-refractivity contribution in [1.29, 1.82) is 0 Å². The van der Waals surface area contributed by atoms with Gasteiger partial charge in [-0.3, -0.25) is 4.79 Å². The summed E-state index contributed by atoms with van der Waals surface area (Å²) in [4.78, 5) is 25.4. The Kier molecular flexibility index (Phi) is 5.17. The molecule has 0 saturated carbocycles. The van der Waals surface area contributed by atoms with E-state index in [1.54, 1.807) is 6.92 Å². The van der Waals surface area contributed by atoms with Gasteiger partial charge in [0.1, 0.15) is 0 Å². The Labute approximate surface area is 137 Å². The molecule has 2 rings (SSSR count). The number of piperidine rings is 1. The zero-order valence-corrected chi connectivity index (χ0v) is 13.1. The molecule has 1 saturated heterocycles. The fourth-order valence-corrected chi connectivity index (χ4v) is 2.53. The molecule has 1 aromatic rings. The largest absolute Gasteiger partial charge is 0.464 e. The van der Waals surface area contributed by atoms with Gasteiger partial charge in [-0.25, -0.2) is 4.79 Å². The van der Waals surface area contributed by atoms with Crippen molar-refractivity contribution in [2.45, 2.75) is 31.5 Å². The van der Waals surface area contributed by atoms with Crippen molar-refractivity contribution in [1.82, 2.24) is 4.90 Å². The minimum absolute atomic E-state index is 0.0260. The van der Waals surface area contributed by atoms with Gasteiger partial charge in [0.05, 0.1) is 12.2 Å². The molecule has 1 N–H and O–H groups in total. The number of esters is 1. The zero-order chi connectivity index (χ0) is 18.0. The fraction of sp³-hybridized carbons (Fsp3) is 0.500. The number of aliphatic hydroxyl groups is 1. The van der Waals surface area contributed by atoms with Gasteiger partial charge in [0.15, 0.2) is 5.60 Å². The van der Waals surface area contributed by atoms with Crippen LogP contribution in [0.2, 0.25) is 0 Å². The van der Waals surface area contributed by atoms with Gasteiger partial charge in [-0.05, 0) is 31.2 Å². The molecule has 8 heteroatoms. The van der Waals surface area contributed by atoms with E-state index in [-0.39, 0.29) is 38.1 Å². The second kappa shape index (κ2) is 6.80. The summed E-state index contributed by atoms with van der Waals surface area (Å²) in [6, 6.07) is 3.95. The van der Waals surface area contributed by atoms with Crippen LogP contribution in [0.25, 0.3) is 0 Å². The molecule has 0 radical (unpaired) electrons. The predicted molar refractivity (Wildman–Crippen MR) is 78.2 cm³/mol. The standard InChI is InChI=1S/C16H18F3NO4/c1-2-24-14(22)15(23)7-9-20(10-8-15)13(21)11-3-5-12(6-4-11)16(17,18)19/h3-6,23H,2,7-10H2,1H3. The van der Waals surface area contributed by atoms with E-state index in [1.165, 1.54) is 4.90 Å². The lowest BCUT2D eigenvalue weighted by molar-refractivity contribution is -0.169. The molecule has 0 atom stereocenters. The van der Waals surface area contributed by atoms with E-state index in [1.807, 2.05) is 0 Å². The Morgan fingerprint density at radius 3 is 2.21 bits per heavy atom. The maximum absolute atomic E-state index is 12.5. The SMILES string of the molecule is CCOC(=O)C1(O)CCN(C(=O)c2ccc(C(F)(F)F)cc2)CC1. The van der Waals surface area contributed by atoms with Gasteiger partial charge in [-0.1, -0.05) is 0 Å². The number of carbonyl (C=O) groups excluding carboxylic acids is 2. The highest BCUT2D eigenvalue weighted by Gasteiger charge is 2.41. The third kappa shape index (κ3) is 3.87. The second-order valence-electron chi connectivity index (χ2n) is 5.62. The molecule has 0 spiro atoms. The van der Waals surface area contributed by atoms with Crippen LogP contribution in [0.15, 0.2) is 24.3 Å². The molecule has 5 nitrogen and oxygen atoms in total. The number of benzene rings is 1. The lowest BCUT2D eigenvalue weighted by Gasteiger charge is -2.36. The molecule has 132 valence electrons. The summed E-state index contributed by atoms with van der Waals surface area (Å²) in [7, 11) is 0. The number of hydrogen-bond donors (Lipinski definition) is 1. The number of ether oxygens (including phenoxy) is 1. The highest BCUT2D eigenvalue weighted by Crippen LogP contribution is 2.30. The molecule has 1 aromatic carbocycles. The fourth-order valence-electron chi connectivity index (χ4n) is 2.53. The number of halogens is 3. The molecule has 0 aromatic heterocycles. The van der Waals surface area contributed by atoms with E-state index in [4.69, 9.17) is 4.74 Å². The Hall–Kier alpha value is -2.09. The van der Waals surface area contributed by atoms with E-state index in [2.05, 4.69) is 0 Å². The molecule has 1 aliphatic heterocycles. The summed E-state index contributed by atoms with van der Waals surface area (Å²) in [5, 5.41) is 10.2. The molecule has 1 amide bonds. The Bertz CT molecular complexity index is 605. The van der Waals surface area contributed by atoms with Crippen LogP contribution in [-0.2, 0) is 15.7 Å². The van der Waals surface area contributed by atoms with E-state index in [9.17, 15) is 27.9 Å². The van der Waals surface area contributed by atoms with Crippen LogP contribution in [0.1, 0.15) is 35.7 Å². The van der Waals surface area contributed by atoms with Crippen LogP contribution in [-0.4, -0.2) is 47.2 Å². The maximum atomic E-state index is 12.5. The first-order chi connectivity index (χ1) is 11.2. The molecule has 24 heavy (non-hydrogen) atoms. The third-order valence-electron chi connectivity index (χ3n) is 3.99. The molecular formula is C16H18F3NO4. The van der Waals surface area contributed by atoms with Crippen LogP contribution in [0, 0.1) is 0 Å². The van der Waals surface area contributed by atoms with Crippen molar-refractivity contribution in [2.24, 2.45) is 0 Å². The van der Waals surface area contributed by atoms with Crippen molar-refractivity contribution in [3.63, 3.8) is 0 Å². The van der Waals surface area contributed by atoms with E-state index in [0.29, 0.717) is 0 Å².